The maximum absolute atomic E-state index is 14.8. The van der Waals surface area contributed by atoms with Gasteiger partial charge < -0.3 is 48.1 Å². The number of aryl methyl sites for hydroxylation is 3. The third kappa shape index (κ3) is 13.2. The Kier molecular flexibility index (Phi) is 17.4. The van der Waals surface area contributed by atoms with Crippen molar-refractivity contribution in [3.05, 3.63) is 166 Å². The minimum Gasteiger partial charge on any atom is -0.391 e. The number of nitrogens with two attached hydrogens (primary N) is 5. The third-order valence-corrected chi connectivity index (χ3v) is 16.3. The van der Waals surface area contributed by atoms with E-state index in [-0.39, 0.29) is 59.5 Å². The molecule has 6 heterocycles. The molecular weight excluding hydrogens is 1080 g/mol. The third-order valence-electron chi connectivity index (χ3n) is 15.9. The fraction of sp³-hybridized carbons (Fsp3) is 0.414. The second kappa shape index (κ2) is 25.0. The van der Waals surface area contributed by atoms with Crippen LogP contribution in [0.5, 0.6) is 0 Å². The van der Waals surface area contributed by atoms with Crippen LogP contribution in [-0.2, 0) is 61.8 Å². The maximum Gasteiger partial charge on any atom is 0.307 e. The molecule has 8 aromatic rings. The van der Waals surface area contributed by atoms with Gasteiger partial charge in [-0.3, -0.25) is 0 Å². The maximum atomic E-state index is 14.8. The number of halogens is 4. The number of oxime groups is 3. The van der Waals surface area contributed by atoms with Crippen LogP contribution in [0.15, 0.2) is 126 Å². The van der Waals surface area contributed by atoms with E-state index in [1.165, 1.54) is 18.2 Å². The van der Waals surface area contributed by atoms with Gasteiger partial charge in [0, 0.05) is 110 Å². The average molecular weight is 1150 g/mol. The van der Waals surface area contributed by atoms with E-state index in [0.29, 0.717) is 64.0 Å². The number of amidine groups is 3. The molecule has 4 aliphatic rings. The molecular formula is C58H74ClF3N17O3+3. The number of benzene rings is 3. The lowest BCUT2D eigenvalue weighted by Crippen LogP contribution is -2.37. The van der Waals surface area contributed by atoms with Gasteiger partial charge in [-0.25, -0.2) is 31.7 Å². The summed E-state index contributed by atoms with van der Waals surface area (Å²) in [5, 5.41) is 12.2. The minimum absolute atomic E-state index is 0.0119. The highest BCUT2D eigenvalue weighted by Crippen LogP contribution is 2.29. The molecule has 0 saturated heterocycles. The van der Waals surface area contributed by atoms with Gasteiger partial charge in [-0.15, -0.1) is 18.4 Å². The van der Waals surface area contributed by atoms with Gasteiger partial charge in [-0.1, -0.05) is 58.3 Å². The Morgan fingerprint density at radius 3 is 1.62 bits per heavy atom. The van der Waals surface area contributed by atoms with E-state index in [1.807, 2.05) is 110 Å². The number of hydrogen-bond acceptors (Lipinski definition) is 9. The van der Waals surface area contributed by atoms with Crippen LogP contribution < -0.4 is 47.4 Å². The molecule has 0 amide bonds. The summed E-state index contributed by atoms with van der Waals surface area (Å²) in [6.07, 6.45) is 21.8. The van der Waals surface area contributed by atoms with E-state index in [2.05, 4.69) is 42.7 Å². The van der Waals surface area contributed by atoms with Gasteiger partial charge in [0.1, 0.15) is 61.2 Å². The molecule has 0 radical (unpaired) electrons. The standard InChI is InChI=1S/C20H27FN5O.C19H23ClFN6O.C19H24FN6O/c1-14-3-6-17(11-14)27-23-20(22)15-4-5-16(18(21)12-15)13-25-9-10-26-19(25)7-8-24(26)2;1-25-5-4-18-26(6-7-27(18)25)11-15-16(20)8-12(9-17(15)21)19(23)24-28-14-3-2-13(22)10-14;1-24-7-6-18-25(8-9-26(18)24)12-14-3-2-13(10-17(14)20)19(22)23-27-16-5-4-15(21)11-16/h4-5,7-8,12,14,17H,3,6,9-11,13H2,1-2H3,(H2,22,23);4-9,13-14H,2-3,10-11,22H2,1H3,(H2,23,24);2-3,6-10,15-16H,4-5,11-12,21H2,1H3,(H2,22,23)/q3*+1. The molecule has 434 valence electrons. The molecule has 6 unspecified atom stereocenters. The summed E-state index contributed by atoms with van der Waals surface area (Å²) >= 11 is 6.37. The van der Waals surface area contributed by atoms with Gasteiger partial charge in [-0.05, 0) is 75.1 Å². The Morgan fingerprint density at radius 2 is 1.11 bits per heavy atom. The number of nitrogens with zero attached hydrogens (tertiary/aromatic N) is 12. The Morgan fingerprint density at radius 1 is 0.598 bits per heavy atom. The van der Waals surface area contributed by atoms with E-state index in [9.17, 15) is 13.2 Å². The molecule has 82 heavy (non-hydrogen) atoms. The van der Waals surface area contributed by atoms with Crippen molar-refractivity contribution in [2.24, 2.45) is 71.2 Å². The molecule has 3 fully saturated rings. The quantitative estimate of drug-likeness (QED) is 0.0378. The first kappa shape index (κ1) is 57.2. The molecule has 24 heteroatoms. The van der Waals surface area contributed by atoms with Crippen LogP contribution in [0.1, 0.15) is 98.1 Å². The molecule has 10 N–H and O–H groups in total. The van der Waals surface area contributed by atoms with Crippen LogP contribution in [0.2, 0.25) is 5.02 Å². The van der Waals surface area contributed by atoms with Crippen molar-refractivity contribution in [3.63, 3.8) is 0 Å². The SMILES string of the molecule is CC1CCC(ON=C(N)c2ccc(CN3CCn4c3cc[n+]4C)c(F)c2)C1.Cn1ccc2n1cc[n+]2Cc1c(F)cc(C(N)=NOC2CCC(N)C2)cc1Cl.Cn1ccc2n1cc[n+]2Cc1ccc(C(N)=NOC2CCC(N)C2)cc1F. The van der Waals surface area contributed by atoms with E-state index in [0.717, 1.165) is 88.0 Å². The van der Waals surface area contributed by atoms with Crippen LogP contribution in [-0.4, -0.2) is 77.5 Å². The number of fused-ring (bicyclic) bond motifs is 3. The van der Waals surface area contributed by atoms with Crippen molar-refractivity contribution in [2.75, 3.05) is 11.4 Å². The largest absolute Gasteiger partial charge is 0.391 e. The van der Waals surface area contributed by atoms with Crippen molar-refractivity contribution in [1.82, 2.24) is 23.1 Å². The zero-order valence-electron chi connectivity index (χ0n) is 46.7. The highest BCUT2D eigenvalue weighted by atomic mass is 35.5. The topological polar surface area (TPSA) is 233 Å². The highest BCUT2D eigenvalue weighted by Gasteiger charge is 2.28. The Bertz CT molecular complexity index is 3620. The Hall–Kier alpha value is -8.02. The number of aromatic nitrogens is 8. The van der Waals surface area contributed by atoms with Crippen molar-refractivity contribution >= 4 is 46.2 Å². The summed E-state index contributed by atoms with van der Waals surface area (Å²) in [6, 6.07) is 19.2. The monoisotopic (exact) mass is 1150 g/mol. The molecule has 1 aliphatic heterocycles. The molecule has 5 aromatic heterocycles. The second-order valence-corrected chi connectivity index (χ2v) is 22.4. The molecule has 0 spiro atoms. The fourth-order valence-electron chi connectivity index (χ4n) is 11.1. The minimum atomic E-state index is -0.439. The number of hydrogen-bond donors (Lipinski definition) is 5. The van der Waals surface area contributed by atoms with E-state index < -0.39 is 5.82 Å². The van der Waals surface area contributed by atoms with E-state index >= 15 is 0 Å². The molecule has 20 nitrogen and oxygen atoms in total. The van der Waals surface area contributed by atoms with Crippen LogP contribution in [0.25, 0.3) is 11.3 Å². The molecule has 3 aromatic carbocycles. The molecule has 3 saturated carbocycles. The van der Waals surface area contributed by atoms with Crippen LogP contribution in [0.3, 0.4) is 0 Å². The lowest BCUT2D eigenvalue weighted by Gasteiger charge is -2.16. The van der Waals surface area contributed by atoms with Crippen molar-refractivity contribution < 1.29 is 41.5 Å². The zero-order chi connectivity index (χ0) is 57.8. The predicted molar refractivity (Wildman–Crippen MR) is 306 cm³/mol. The lowest BCUT2D eigenvalue weighted by molar-refractivity contribution is -0.751. The fourth-order valence-corrected chi connectivity index (χ4v) is 11.4. The molecule has 12 rings (SSSR count). The lowest BCUT2D eigenvalue weighted by atomic mass is 10.1. The number of imidazole rings is 2. The van der Waals surface area contributed by atoms with Gasteiger partial charge >= 0.3 is 11.3 Å². The summed E-state index contributed by atoms with van der Waals surface area (Å²) < 4.78 is 60.0. The highest BCUT2D eigenvalue weighted by molar-refractivity contribution is 6.31. The van der Waals surface area contributed by atoms with Crippen LogP contribution >= 0.6 is 11.6 Å². The predicted octanol–water partition coefficient (Wildman–Crippen LogP) is 5.49. The summed E-state index contributed by atoms with van der Waals surface area (Å²) in [5.41, 5.74) is 34.6. The first-order valence-electron chi connectivity index (χ1n) is 27.8. The van der Waals surface area contributed by atoms with Crippen LogP contribution in [0.4, 0.5) is 19.0 Å². The second-order valence-electron chi connectivity index (χ2n) is 22.0. The van der Waals surface area contributed by atoms with Gasteiger partial charge in [0.25, 0.3) is 0 Å². The van der Waals surface area contributed by atoms with Crippen molar-refractivity contribution in [3.8, 4) is 0 Å². The molecule has 6 atom stereocenters. The summed E-state index contributed by atoms with van der Waals surface area (Å²) in [7, 11) is 5.90. The Labute approximate surface area is 478 Å². The zero-order valence-corrected chi connectivity index (χ0v) is 47.5. The van der Waals surface area contributed by atoms with Crippen LogP contribution in [0, 0.1) is 23.4 Å². The summed E-state index contributed by atoms with van der Waals surface area (Å²) in [4.78, 5) is 18.6. The van der Waals surface area contributed by atoms with E-state index in [4.69, 9.17) is 54.8 Å². The van der Waals surface area contributed by atoms with Crippen molar-refractivity contribution in [1.29, 1.82) is 0 Å². The smallest absolute Gasteiger partial charge is 0.307 e. The van der Waals surface area contributed by atoms with E-state index in [1.54, 1.807) is 24.3 Å². The van der Waals surface area contributed by atoms with Gasteiger partial charge in [0.05, 0.1) is 17.6 Å². The van der Waals surface area contributed by atoms with Gasteiger partial charge in [-0.2, -0.15) is 0 Å². The first-order valence-corrected chi connectivity index (χ1v) is 28.2. The van der Waals surface area contributed by atoms with Gasteiger partial charge in [0.2, 0.25) is 0 Å². The first-order chi connectivity index (χ1) is 39.4. The summed E-state index contributed by atoms with van der Waals surface area (Å²) in [5.74, 6) is 1.23. The Balaban J connectivity index is 0.000000138. The molecule has 3 aliphatic carbocycles. The average Bonchev–Trinajstić information content (AvgIpc) is 4.45. The number of rotatable bonds is 15. The van der Waals surface area contributed by atoms with Crippen molar-refractivity contribution in [2.45, 2.75) is 121 Å². The normalized spacial score (nSPS) is 21.0. The molecule has 0 bridgehead atoms. The number of anilines is 1. The summed E-state index contributed by atoms with van der Waals surface area (Å²) in [6.45, 7) is 5.27. The van der Waals surface area contributed by atoms with Gasteiger partial charge in [0.15, 0.2) is 49.0 Å².